The van der Waals surface area contributed by atoms with Crippen molar-refractivity contribution in [3.05, 3.63) is 82.1 Å². The summed E-state index contributed by atoms with van der Waals surface area (Å²) < 4.78 is 27.0. The van der Waals surface area contributed by atoms with E-state index in [2.05, 4.69) is 5.32 Å². The molecule has 160 valence electrons. The highest BCUT2D eigenvalue weighted by molar-refractivity contribution is 6.34. The first-order valence-electron chi connectivity index (χ1n) is 9.80. The van der Waals surface area contributed by atoms with Gasteiger partial charge in [-0.2, -0.15) is 0 Å². The highest BCUT2D eigenvalue weighted by Gasteiger charge is 2.42. The van der Waals surface area contributed by atoms with Gasteiger partial charge in [-0.15, -0.1) is 0 Å². The van der Waals surface area contributed by atoms with Gasteiger partial charge in [0, 0.05) is 41.7 Å². The minimum atomic E-state index is -0.814. The van der Waals surface area contributed by atoms with Gasteiger partial charge < -0.3 is 20.5 Å². The van der Waals surface area contributed by atoms with Crippen LogP contribution in [-0.4, -0.2) is 26.6 Å². The van der Waals surface area contributed by atoms with Crippen LogP contribution in [0.5, 0.6) is 11.5 Å². The zero-order valence-corrected chi connectivity index (χ0v) is 17.9. The Balaban J connectivity index is 1.96. The van der Waals surface area contributed by atoms with E-state index in [4.69, 9.17) is 26.8 Å². The lowest BCUT2D eigenvalue weighted by molar-refractivity contribution is 0.0963. The summed E-state index contributed by atoms with van der Waals surface area (Å²) in [6, 6.07) is 16.0. The van der Waals surface area contributed by atoms with Crippen molar-refractivity contribution in [1.82, 2.24) is 5.32 Å². The number of carbonyl (C=O) groups is 1. The Morgan fingerprint density at radius 3 is 2.58 bits per heavy atom. The summed E-state index contributed by atoms with van der Waals surface area (Å²) in [5.74, 6) is -0.525. The van der Waals surface area contributed by atoms with Gasteiger partial charge in [-0.25, -0.2) is 4.39 Å². The van der Waals surface area contributed by atoms with Crippen LogP contribution in [0, 0.1) is 5.82 Å². The maximum atomic E-state index is 15.5. The second-order valence-electron chi connectivity index (χ2n) is 7.33. The van der Waals surface area contributed by atoms with Crippen LogP contribution in [0.4, 0.5) is 4.39 Å². The second kappa shape index (κ2) is 8.21. The van der Waals surface area contributed by atoms with E-state index < -0.39 is 17.3 Å². The fourth-order valence-corrected chi connectivity index (χ4v) is 4.36. The van der Waals surface area contributed by atoms with Gasteiger partial charge in [-0.3, -0.25) is 4.79 Å². The molecule has 3 aromatic rings. The Hall–Kier alpha value is -3.09. The number of ether oxygens (including phenoxy) is 2. The number of hydrogen-bond donors (Lipinski definition) is 2. The molecule has 1 atom stereocenters. The Labute approximate surface area is 184 Å². The summed E-state index contributed by atoms with van der Waals surface area (Å²) in [5.41, 5.74) is 7.59. The van der Waals surface area contributed by atoms with Crippen molar-refractivity contribution in [3.8, 4) is 22.6 Å². The highest BCUT2D eigenvalue weighted by atomic mass is 35.5. The predicted octanol–water partition coefficient (Wildman–Crippen LogP) is 4.30. The van der Waals surface area contributed by atoms with E-state index in [1.54, 1.807) is 12.1 Å². The van der Waals surface area contributed by atoms with Gasteiger partial charge >= 0.3 is 0 Å². The third-order valence-corrected chi connectivity index (χ3v) is 5.98. The lowest BCUT2D eigenvalue weighted by Crippen LogP contribution is -2.39. The first kappa shape index (κ1) is 21.2. The molecule has 31 heavy (non-hydrogen) atoms. The van der Waals surface area contributed by atoms with E-state index in [1.807, 2.05) is 30.3 Å². The molecule has 7 heteroatoms. The van der Waals surface area contributed by atoms with Crippen molar-refractivity contribution in [3.63, 3.8) is 0 Å². The normalized spacial score (nSPS) is 17.1. The summed E-state index contributed by atoms with van der Waals surface area (Å²) >= 11 is 6.59. The largest absolute Gasteiger partial charge is 0.494 e. The molecule has 1 amide bonds. The molecular formula is C24H22ClFN2O3. The van der Waals surface area contributed by atoms with Crippen molar-refractivity contribution in [1.29, 1.82) is 0 Å². The minimum Gasteiger partial charge on any atom is -0.494 e. The third kappa shape index (κ3) is 3.42. The zero-order valence-electron chi connectivity index (χ0n) is 17.2. The number of hydrogen-bond acceptors (Lipinski definition) is 4. The standard InChI is InChI=1S/C24H22ClFN2O3/c1-28-23(29)15-8-10-19(30-2)22(26)21(15)20-16-12-24(13-27,14-6-4-3-5-7-14)31-18(16)11-9-17(20)25/h3-11H,12-13,27H2,1-2H3,(H,28,29)/t24-/m1/s1. The lowest BCUT2D eigenvalue weighted by Gasteiger charge is -2.27. The second-order valence-corrected chi connectivity index (χ2v) is 7.73. The number of nitrogens with one attached hydrogen (secondary N) is 1. The summed E-state index contributed by atoms with van der Waals surface area (Å²) in [4.78, 5) is 12.6. The van der Waals surface area contributed by atoms with Crippen LogP contribution in [0.15, 0.2) is 54.6 Å². The number of halogens is 2. The summed E-state index contributed by atoms with van der Waals surface area (Å²) in [5, 5.41) is 2.86. The molecule has 3 N–H and O–H groups in total. The number of nitrogens with two attached hydrogens (primary N) is 1. The summed E-state index contributed by atoms with van der Waals surface area (Å²) in [6.45, 7) is 0.214. The van der Waals surface area contributed by atoms with Crippen LogP contribution in [0.1, 0.15) is 21.5 Å². The maximum Gasteiger partial charge on any atom is 0.251 e. The molecule has 0 fully saturated rings. The van der Waals surface area contributed by atoms with Crippen molar-refractivity contribution in [2.75, 3.05) is 20.7 Å². The SMILES string of the molecule is CNC(=O)c1ccc(OC)c(F)c1-c1c(Cl)ccc2c1C[C@@](CN)(c1ccccc1)O2. The van der Waals surface area contributed by atoms with Gasteiger partial charge in [0.25, 0.3) is 5.91 Å². The molecule has 0 radical (unpaired) electrons. The molecule has 1 heterocycles. The molecule has 3 aromatic carbocycles. The van der Waals surface area contributed by atoms with E-state index in [0.717, 1.165) is 5.56 Å². The molecule has 0 saturated heterocycles. The van der Waals surface area contributed by atoms with Crippen LogP contribution in [0.3, 0.4) is 0 Å². The van der Waals surface area contributed by atoms with Crippen molar-refractivity contribution in [2.45, 2.75) is 12.0 Å². The van der Waals surface area contributed by atoms with Gasteiger partial charge in [0.1, 0.15) is 5.75 Å². The highest BCUT2D eigenvalue weighted by Crippen LogP contribution is 2.49. The van der Waals surface area contributed by atoms with Crippen LogP contribution < -0.4 is 20.5 Å². The lowest BCUT2D eigenvalue weighted by atomic mass is 9.85. The average Bonchev–Trinajstić information content (AvgIpc) is 3.20. The minimum absolute atomic E-state index is 0.0170. The van der Waals surface area contributed by atoms with E-state index in [-0.39, 0.29) is 23.4 Å². The van der Waals surface area contributed by atoms with E-state index in [1.165, 1.54) is 26.3 Å². The van der Waals surface area contributed by atoms with E-state index >= 15 is 4.39 Å². The smallest absolute Gasteiger partial charge is 0.251 e. The molecular weight excluding hydrogens is 419 g/mol. The fourth-order valence-electron chi connectivity index (χ4n) is 4.09. The quantitative estimate of drug-likeness (QED) is 0.620. The van der Waals surface area contributed by atoms with E-state index in [9.17, 15) is 4.79 Å². The Kier molecular flexibility index (Phi) is 5.60. The van der Waals surface area contributed by atoms with Crippen molar-refractivity contribution < 1.29 is 18.7 Å². The molecule has 0 aromatic heterocycles. The average molecular weight is 441 g/mol. The molecule has 1 aliphatic heterocycles. The Morgan fingerprint density at radius 2 is 1.94 bits per heavy atom. The van der Waals surface area contributed by atoms with Crippen molar-refractivity contribution in [2.24, 2.45) is 5.73 Å². The first-order chi connectivity index (χ1) is 15.0. The topological polar surface area (TPSA) is 73.6 Å². The van der Waals surface area contributed by atoms with Gasteiger partial charge in [-0.05, 0) is 29.8 Å². The molecule has 0 aliphatic carbocycles. The van der Waals surface area contributed by atoms with Gasteiger partial charge in [0.15, 0.2) is 17.2 Å². The van der Waals surface area contributed by atoms with Gasteiger partial charge in [0.05, 0.1) is 12.7 Å². The first-order valence-corrected chi connectivity index (χ1v) is 10.2. The number of rotatable bonds is 5. The number of amides is 1. The number of methoxy groups -OCH3 is 1. The number of fused-ring (bicyclic) bond motifs is 1. The van der Waals surface area contributed by atoms with Crippen LogP contribution >= 0.6 is 11.6 Å². The van der Waals surface area contributed by atoms with Crippen LogP contribution in [0.25, 0.3) is 11.1 Å². The molecule has 0 bridgehead atoms. The monoisotopic (exact) mass is 440 g/mol. The molecule has 4 rings (SSSR count). The number of benzene rings is 3. The molecule has 0 saturated carbocycles. The maximum absolute atomic E-state index is 15.5. The van der Waals surface area contributed by atoms with Crippen LogP contribution in [0.2, 0.25) is 5.02 Å². The van der Waals surface area contributed by atoms with E-state index in [0.29, 0.717) is 28.3 Å². The Bertz CT molecular complexity index is 1150. The van der Waals surface area contributed by atoms with Gasteiger partial charge in [0.2, 0.25) is 0 Å². The summed E-state index contributed by atoms with van der Waals surface area (Å²) in [7, 11) is 2.86. The Morgan fingerprint density at radius 1 is 1.19 bits per heavy atom. The molecule has 0 spiro atoms. The van der Waals surface area contributed by atoms with Gasteiger partial charge in [-0.1, -0.05) is 41.9 Å². The summed E-state index contributed by atoms with van der Waals surface area (Å²) in [6.07, 6.45) is 0.378. The third-order valence-electron chi connectivity index (χ3n) is 5.66. The zero-order chi connectivity index (χ0) is 22.2. The molecule has 0 unspecified atom stereocenters. The number of carbonyl (C=O) groups excluding carboxylic acids is 1. The van der Waals surface area contributed by atoms with Crippen molar-refractivity contribution >= 4 is 17.5 Å². The van der Waals surface area contributed by atoms with Crippen LogP contribution in [-0.2, 0) is 12.0 Å². The molecule has 1 aliphatic rings. The fraction of sp³-hybridized carbons (Fsp3) is 0.208. The molecule has 5 nitrogen and oxygen atoms in total. The predicted molar refractivity (Wildman–Crippen MR) is 118 cm³/mol.